The number of benzene rings is 1. The number of carbonyl (C=O) groups is 1. The molecule has 4 nitrogen and oxygen atoms in total. The first kappa shape index (κ1) is 17.2. The number of ether oxygens (including phenoxy) is 1. The van der Waals surface area contributed by atoms with Gasteiger partial charge in [-0.2, -0.15) is 0 Å². The monoisotopic (exact) mass is 292 g/mol. The van der Waals surface area contributed by atoms with Gasteiger partial charge in [0.2, 0.25) is 0 Å². The van der Waals surface area contributed by atoms with E-state index in [0.717, 1.165) is 49.5 Å². The number of rotatable bonds is 10. The van der Waals surface area contributed by atoms with E-state index in [9.17, 15) is 9.90 Å². The van der Waals surface area contributed by atoms with E-state index in [2.05, 4.69) is 0 Å². The van der Waals surface area contributed by atoms with Gasteiger partial charge in [0.25, 0.3) is 0 Å². The van der Waals surface area contributed by atoms with Crippen LogP contribution < -0.4 is 4.74 Å². The van der Waals surface area contributed by atoms with Crippen molar-refractivity contribution in [3.8, 4) is 5.75 Å². The summed E-state index contributed by atoms with van der Waals surface area (Å²) in [5, 5.41) is 18.0. The third kappa shape index (κ3) is 8.15. The predicted molar refractivity (Wildman–Crippen MR) is 83.4 cm³/mol. The van der Waals surface area contributed by atoms with Gasteiger partial charge in [-0.05, 0) is 49.5 Å². The molecule has 2 N–H and O–H groups in total. The summed E-state index contributed by atoms with van der Waals surface area (Å²) in [7, 11) is 0. The van der Waals surface area contributed by atoms with Crippen molar-refractivity contribution in [1.29, 1.82) is 0 Å². The summed E-state index contributed by atoms with van der Waals surface area (Å²) >= 11 is 0. The van der Waals surface area contributed by atoms with Gasteiger partial charge in [-0.25, -0.2) is 4.79 Å². The highest BCUT2D eigenvalue weighted by Crippen LogP contribution is 2.14. The fourth-order valence-electron chi connectivity index (χ4n) is 1.90. The lowest BCUT2D eigenvalue weighted by Crippen LogP contribution is -2.04. The smallest absolute Gasteiger partial charge is 0.328 e. The molecule has 21 heavy (non-hydrogen) atoms. The third-order valence-corrected chi connectivity index (χ3v) is 3.22. The van der Waals surface area contributed by atoms with Gasteiger partial charge in [0.05, 0.1) is 12.7 Å². The van der Waals surface area contributed by atoms with Crippen LogP contribution in [0.15, 0.2) is 30.3 Å². The van der Waals surface area contributed by atoms with Crippen molar-refractivity contribution in [3.63, 3.8) is 0 Å². The SMILES string of the molecule is CCC(O)CCCCCOc1ccc(/C=C/C(=O)O)cc1. The van der Waals surface area contributed by atoms with Crippen LogP contribution >= 0.6 is 0 Å². The molecule has 0 aliphatic heterocycles. The molecular formula is C17H24O4. The second kappa shape index (κ2) is 10.00. The van der Waals surface area contributed by atoms with Gasteiger partial charge < -0.3 is 14.9 Å². The molecule has 0 amide bonds. The Morgan fingerprint density at radius 3 is 2.57 bits per heavy atom. The van der Waals surface area contributed by atoms with Gasteiger partial charge in [0.15, 0.2) is 0 Å². The minimum Gasteiger partial charge on any atom is -0.494 e. The standard InChI is InChI=1S/C17H24O4/c1-2-15(18)6-4-3-5-13-21-16-10-7-14(8-11-16)9-12-17(19)20/h7-12,15,18H,2-6,13H2,1H3,(H,19,20)/b12-9+. The van der Waals surface area contributed by atoms with Crippen molar-refractivity contribution >= 4 is 12.0 Å². The molecule has 1 atom stereocenters. The molecule has 1 aromatic carbocycles. The van der Waals surface area contributed by atoms with Crippen molar-refractivity contribution in [2.75, 3.05) is 6.61 Å². The first-order valence-corrected chi connectivity index (χ1v) is 7.43. The zero-order valence-electron chi connectivity index (χ0n) is 12.5. The second-order valence-corrected chi connectivity index (χ2v) is 5.00. The summed E-state index contributed by atoms with van der Waals surface area (Å²) in [6.07, 6.45) is 7.22. The lowest BCUT2D eigenvalue weighted by Gasteiger charge is -2.08. The fraction of sp³-hybridized carbons (Fsp3) is 0.471. The van der Waals surface area contributed by atoms with Crippen LogP contribution in [0.25, 0.3) is 6.08 Å². The van der Waals surface area contributed by atoms with Gasteiger partial charge in [-0.3, -0.25) is 0 Å². The summed E-state index contributed by atoms with van der Waals surface area (Å²) < 4.78 is 5.62. The third-order valence-electron chi connectivity index (χ3n) is 3.22. The number of carboxylic acid groups (broad SMARTS) is 1. The van der Waals surface area contributed by atoms with E-state index in [1.165, 1.54) is 0 Å². The quantitative estimate of drug-likeness (QED) is 0.511. The van der Waals surface area contributed by atoms with Gasteiger partial charge >= 0.3 is 5.97 Å². The molecule has 1 aromatic rings. The lowest BCUT2D eigenvalue weighted by molar-refractivity contribution is -0.131. The first-order valence-electron chi connectivity index (χ1n) is 7.43. The largest absolute Gasteiger partial charge is 0.494 e. The number of aliphatic hydroxyl groups excluding tert-OH is 1. The average molecular weight is 292 g/mol. The van der Waals surface area contributed by atoms with Crippen LogP contribution in [0.3, 0.4) is 0 Å². The molecule has 116 valence electrons. The minimum absolute atomic E-state index is 0.169. The van der Waals surface area contributed by atoms with Crippen LogP contribution in [0, 0.1) is 0 Å². The zero-order valence-corrected chi connectivity index (χ0v) is 12.5. The zero-order chi connectivity index (χ0) is 15.5. The highest BCUT2D eigenvalue weighted by molar-refractivity contribution is 5.85. The molecule has 0 aliphatic carbocycles. The molecule has 4 heteroatoms. The molecule has 0 fully saturated rings. The second-order valence-electron chi connectivity index (χ2n) is 5.00. The van der Waals surface area contributed by atoms with E-state index >= 15 is 0 Å². The van der Waals surface area contributed by atoms with Gasteiger partial charge in [0, 0.05) is 6.08 Å². The average Bonchev–Trinajstić information content (AvgIpc) is 2.49. The van der Waals surface area contributed by atoms with Crippen molar-refractivity contribution in [2.24, 2.45) is 0 Å². The minimum atomic E-state index is -0.955. The number of aliphatic carboxylic acids is 1. The van der Waals surface area contributed by atoms with Crippen molar-refractivity contribution in [3.05, 3.63) is 35.9 Å². The maximum atomic E-state index is 10.4. The van der Waals surface area contributed by atoms with Crippen LogP contribution in [-0.4, -0.2) is 28.9 Å². The van der Waals surface area contributed by atoms with E-state index in [0.29, 0.717) is 6.61 Å². The predicted octanol–water partition coefficient (Wildman–Crippen LogP) is 3.49. The number of hydrogen-bond donors (Lipinski definition) is 2. The summed E-state index contributed by atoms with van der Waals surface area (Å²) in [6, 6.07) is 7.32. The van der Waals surface area contributed by atoms with Gasteiger partial charge in [0.1, 0.15) is 5.75 Å². The summed E-state index contributed by atoms with van der Waals surface area (Å²) in [4.78, 5) is 10.4. The maximum absolute atomic E-state index is 10.4. The highest BCUT2D eigenvalue weighted by atomic mass is 16.5. The van der Waals surface area contributed by atoms with E-state index in [4.69, 9.17) is 9.84 Å². The van der Waals surface area contributed by atoms with E-state index < -0.39 is 5.97 Å². The first-order chi connectivity index (χ1) is 10.1. The van der Waals surface area contributed by atoms with Crippen LogP contribution in [0.2, 0.25) is 0 Å². The summed E-state index contributed by atoms with van der Waals surface area (Å²) in [5.41, 5.74) is 0.832. The van der Waals surface area contributed by atoms with Gasteiger partial charge in [-0.15, -0.1) is 0 Å². The molecule has 0 heterocycles. The van der Waals surface area contributed by atoms with E-state index in [-0.39, 0.29) is 6.10 Å². The molecule has 0 saturated carbocycles. The molecule has 0 bridgehead atoms. The Hall–Kier alpha value is -1.81. The number of aliphatic hydroxyl groups is 1. The number of carboxylic acids is 1. The fourth-order valence-corrected chi connectivity index (χ4v) is 1.90. The van der Waals surface area contributed by atoms with E-state index in [1.54, 1.807) is 6.08 Å². The van der Waals surface area contributed by atoms with Crippen LogP contribution in [0.5, 0.6) is 5.75 Å². The van der Waals surface area contributed by atoms with Gasteiger partial charge in [-0.1, -0.05) is 25.5 Å². The molecule has 0 radical (unpaired) electrons. The normalized spacial score (nSPS) is 12.5. The topological polar surface area (TPSA) is 66.8 Å². The number of hydrogen-bond acceptors (Lipinski definition) is 3. The Kier molecular flexibility index (Phi) is 8.21. The Balaban J connectivity index is 2.19. The molecule has 0 aliphatic rings. The Bertz CT molecular complexity index is 437. The van der Waals surface area contributed by atoms with Crippen molar-refractivity contribution in [1.82, 2.24) is 0 Å². The number of unbranched alkanes of at least 4 members (excludes halogenated alkanes) is 2. The Morgan fingerprint density at radius 2 is 1.95 bits per heavy atom. The van der Waals surface area contributed by atoms with Crippen molar-refractivity contribution in [2.45, 2.75) is 45.1 Å². The van der Waals surface area contributed by atoms with Crippen LogP contribution in [0.1, 0.15) is 44.6 Å². The maximum Gasteiger partial charge on any atom is 0.328 e. The summed E-state index contributed by atoms with van der Waals surface area (Å²) in [5.74, 6) is -0.167. The lowest BCUT2D eigenvalue weighted by atomic mass is 10.1. The molecule has 0 spiro atoms. The molecule has 1 rings (SSSR count). The molecule has 0 aromatic heterocycles. The Labute approximate surface area is 126 Å². The Morgan fingerprint density at radius 1 is 1.24 bits per heavy atom. The summed E-state index contributed by atoms with van der Waals surface area (Å²) in [6.45, 7) is 2.65. The molecule has 1 unspecified atom stereocenters. The molecule has 0 saturated heterocycles. The molecular weight excluding hydrogens is 268 g/mol. The van der Waals surface area contributed by atoms with E-state index in [1.807, 2.05) is 31.2 Å². The van der Waals surface area contributed by atoms with Crippen molar-refractivity contribution < 1.29 is 19.7 Å². The van der Waals surface area contributed by atoms with Crippen LogP contribution in [0.4, 0.5) is 0 Å². The highest BCUT2D eigenvalue weighted by Gasteiger charge is 2.00. The van der Waals surface area contributed by atoms with Crippen LogP contribution in [-0.2, 0) is 4.79 Å².